The van der Waals surface area contributed by atoms with E-state index in [4.69, 9.17) is 10.00 Å². The summed E-state index contributed by atoms with van der Waals surface area (Å²) in [5.74, 6) is 0.474. The SMILES string of the molecule is CC(C)Oc1ccc(C#N)cc1NC(=O)Cc1ccc2c(c1)CCCC2. The number of fused-ring (bicyclic) bond motifs is 1. The topological polar surface area (TPSA) is 62.1 Å². The third-order valence-electron chi connectivity index (χ3n) is 4.52. The molecule has 0 atom stereocenters. The zero-order valence-electron chi connectivity index (χ0n) is 15.3. The van der Waals surface area contributed by atoms with E-state index in [0.29, 0.717) is 23.4 Å². The standard InChI is InChI=1S/C22H24N2O2/c1-15(2)26-21-10-8-17(14-23)12-20(21)24-22(25)13-16-7-9-18-5-3-4-6-19(18)11-16/h7-12,15H,3-6,13H2,1-2H3,(H,24,25). The average molecular weight is 348 g/mol. The van der Waals surface area contributed by atoms with Gasteiger partial charge < -0.3 is 10.1 Å². The second kappa shape index (κ2) is 8.05. The van der Waals surface area contributed by atoms with Crippen molar-refractivity contribution in [3.63, 3.8) is 0 Å². The van der Waals surface area contributed by atoms with E-state index in [-0.39, 0.29) is 12.0 Å². The Morgan fingerprint density at radius 1 is 1.15 bits per heavy atom. The number of nitrogens with zero attached hydrogens (tertiary/aromatic N) is 1. The second-order valence-electron chi connectivity index (χ2n) is 7.02. The van der Waals surface area contributed by atoms with Gasteiger partial charge in [-0.2, -0.15) is 5.26 Å². The lowest BCUT2D eigenvalue weighted by Gasteiger charge is -2.17. The summed E-state index contributed by atoms with van der Waals surface area (Å²) in [6, 6.07) is 13.5. The van der Waals surface area contributed by atoms with Crippen LogP contribution in [0.1, 0.15) is 48.9 Å². The molecule has 3 rings (SSSR count). The summed E-state index contributed by atoms with van der Waals surface area (Å²) in [5.41, 5.74) is 4.84. The summed E-state index contributed by atoms with van der Waals surface area (Å²) in [7, 11) is 0. The normalized spacial score (nSPS) is 13.0. The smallest absolute Gasteiger partial charge is 0.228 e. The van der Waals surface area contributed by atoms with Gasteiger partial charge in [-0.15, -0.1) is 0 Å². The first-order chi connectivity index (χ1) is 12.5. The van der Waals surface area contributed by atoms with Crippen LogP contribution in [0.5, 0.6) is 5.75 Å². The number of nitrogens with one attached hydrogen (secondary N) is 1. The van der Waals surface area contributed by atoms with Crippen molar-refractivity contribution >= 4 is 11.6 Å². The lowest BCUT2D eigenvalue weighted by molar-refractivity contribution is -0.115. The molecule has 2 aromatic carbocycles. The van der Waals surface area contributed by atoms with Gasteiger partial charge in [0.2, 0.25) is 5.91 Å². The fraction of sp³-hybridized carbons (Fsp3) is 0.364. The van der Waals surface area contributed by atoms with Gasteiger partial charge >= 0.3 is 0 Å². The quantitative estimate of drug-likeness (QED) is 0.871. The molecule has 0 unspecified atom stereocenters. The van der Waals surface area contributed by atoms with Crippen LogP contribution in [0.25, 0.3) is 0 Å². The maximum atomic E-state index is 12.5. The molecular formula is C22H24N2O2. The molecule has 1 amide bonds. The molecule has 0 aromatic heterocycles. The van der Waals surface area contributed by atoms with Crippen molar-refractivity contribution in [3.05, 3.63) is 58.7 Å². The number of carbonyl (C=O) groups is 1. The van der Waals surface area contributed by atoms with E-state index in [1.54, 1.807) is 18.2 Å². The Kier molecular flexibility index (Phi) is 5.58. The third kappa shape index (κ3) is 4.43. The predicted octanol–water partition coefficient (Wildman–Crippen LogP) is 4.41. The van der Waals surface area contributed by atoms with Crippen molar-refractivity contribution in [2.24, 2.45) is 0 Å². The Hall–Kier alpha value is -2.80. The molecule has 0 spiro atoms. The summed E-state index contributed by atoms with van der Waals surface area (Å²) in [6.07, 6.45) is 5.00. The van der Waals surface area contributed by atoms with E-state index < -0.39 is 0 Å². The number of nitriles is 1. The van der Waals surface area contributed by atoms with Crippen LogP contribution in [0.4, 0.5) is 5.69 Å². The van der Waals surface area contributed by atoms with Crippen LogP contribution in [-0.4, -0.2) is 12.0 Å². The van der Waals surface area contributed by atoms with Gasteiger partial charge in [-0.25, -0.2) is 0 Å². The van der Waals surface area contributed by atoms with Crippen molar-refractivity contribution in [1.82, 2.24) is 0 Å². The van der Waals surface area contributed by atoms with Gasteiger partial charge in [0.05, 0.1) is 29.8 Å². The number of carbonyl (C=O) groups excluding carboxylic acids is 1. The maximum Gasteiger partial charge on any atom is 0.228 e. The number of hydrogen-bond acceptors (Lipinski definition) is 3. The molecule has 26 heavy (non-hydrogen) atoms. The van der Waals surface area contributed by atoms with Gasteiger partial charge in [0.1, 0.15) is 5.75 Å². The average Bonchev–Trinajstić information content (AvgIpc) is 2.62. The first-order valence-corrected chi connectivity index (χ1v) is 9.16. The molecule has 0 fully saturated rings. The highest BCUT2D eigenvalue weighted by atomic mass is 16.5. The molecular weight excluding hydrogens is 324 g/mol. The summed E-state index contributed by atoms with van der Waals surface area (Å²) >= 11 is 0. The van der Waals surface area contributed by atoms with Crippen LogP contribution >= 0.6 is 0 Å². The molecule has 0 bridgehead atoms. The Morgan fingerprint density at radius 3 is 2.65 bits per heavy atom. The highest BCUT2D eigenvalue weighted by Gasteiger charge is 2.13. The van der Waals surface area contributed by atoms with Gasteiger partial charge in [-0.1, -0.05) is 18.2 Å². The zero-order valence-corrected chi connectivity index (χ0v) is 15.3. The monoisotopic (exact) mass is 348 g/mol. The lowest BCUT2D eigenvalue weighted by atomic mass is 9.90. The van der Waals surface area contributed by atoms with E-state index in [0.717, 1.165) is 18.4 Å². The fourth-order valence-electron chi connectivity index (χ4n) is 3.33. The molecule has 1 aliphatic carbocycles. The minimum atomic E-state index is -0.107. The summed E-state index contributed by atoms with van der Waals surface area (Å²) in [5, 5.41) is 12.0. The molecule has 0 aliphatic heterocycles. The fourth-order valence-corrected chi connectivity index (χ4v) is 3.33. The predicted molar refractivity (Wildman–Crippen MR) is 102 cm³/mol. The number of aryl methyl sites for hydroxylation is 2. The van der Waals surface area contributed by atoms with Gasteiger partial charge in [-0.3, -0.25) is 4.79 Å². The molecule has 134 valence electrons. The van der Waals surface area contributed by atoms with E-state index >= 15 is 0 Å². The molecule has 0 radical (unpaired) electrons. The summed E-state index contributed by atoms with van der Waals surface area (Å²) in [4.78, 5) is 12.5. The molecule has 1 aliphatic rings. The van der Waals surface area contributed by atoms with Crippen LogP contribution in [0.3, 0.4) is 0 Å². The summed E-state index contributed by atoms with van der Waals surface area (Å²) in [6.45, 7) is 3.86. The minimum Gasteiger partial charge on any atom is -0.489 e. The molecule has 0 heterocycles. The van der Waals surface area contributed by atoms with Crippen LogP contribution in [0, 0.1) is 11.3 Å². The number of amides is 1. The number of hydrogen-bond donors (Lipinski definition) is 1. The zero-order chi connectivity index (χ0) is 18.5. The first-order valence-electron chi connectivity index (χ1n) is 9.16. The minimum absolute atomic E-state index is 0.0146. The molecule has 0 saturated heterocycles. The molecule has 4 nitrogen and oxygen atoms in total. The maximum absolute atomic E-state index is 12.5. The largest absolute Gasteiger partial charge is 0.489 e. The van der Waals surface area contributed by atoms with E-state index in [1.165, 1.54) is 24.0 Å². The Labute approximate surface area is 154 Å². The van der Waals surface area contributed by atoms with Crippen LogP contribution in [-0.2, 0) is 24.1 Å². The highest BCUT2D eigenvalue weighted by Crippen LogP contribution is 2.27. The molecule has 4 heteroatoms. The van der Waals surface area contributed by atoms with Crippen molar-refractivity contribution in [2.75, 3.05) is 5.32 Å². The highest BCUT2D eigenvalue weighted by molar-refractivity contribution is 5.94. The van der Waals surface area contributed by atoms with Crippen LogP contribution in [0.2, 0.25) is 0 Å². The van der Waals surface area contributed by atoms with Gasteiger partial charge in [0.15, 0.2) is 0 Å². The van der Waals surface area contributed by atoms with E-state index in [1.807, 2.05) is 19.9 Å². The number of anilines is 1. The second-order valence-corrected chi connectivity index (χ2v) is 7.02. The van der Waals surface area contributed by atoms with Crippen molar-refractivity contribution in [3.8, 4) is 11.8 Å². The molecule has 1 N–H and O–H groups in total. The Bertz CT molecular complexity index is 850. The van der Waals surface area contributed by atoms with Gasteiger partial charge in [-0.05, 0) is 74.4 Å². The number of ether oxygens (including phenoxy) is 1. The van der Waals surface area contributed by atoms with Crippen molar-refractivity contribution in [2.45, 2.75) is 52.1 Å². The number of benzene rings is 2. The van der Waals surface area contributed by atoms with Gasteiger partial charge in [0, 0.05) is 0 Å². The van der Waals surface area contributed by atoms with Crippen molar-refractivity contribution in [1.29, 1.82) is 5.26 Å². The Balaban J connectivity index is 1.74. The van der Waals surface area contributed by atoms with Crippen LogP contribution < -0.4 is 10.1 Å². The molecule has 2 aromatic rings. The van der Waals surface area contributed by atoms with Gasteiger partial charge in [0.25, 0.3) is 0 Å². The van der Waals surface area contributed by atoms with Crippen LogP contribution in [0.15, 0.2) is 36.4 Å². The first kappa shape index (κ1) is 18.0. The third-order valence-corrected chi connectivity index (χ3v) is 4.52. The molecule has 0 saturated carbocycles. The Morgan fingerprint density at radius 2 is 1.92 bits per heavy atom. The van der Waals surface area contributed by atoms with E-state index in [9.17, 15) is 4.79 Å². The van der Waals surface area contributed by atoms with Crippen molar-refractivity contribution < 1.29 is 9.53 Å². The lowest BCUT2D eigenvalue weighted by Crippen LogP contribution is -2.17. The summed E-state index contributed by atoms with van der Waals surface area (Å²) < 4.78 is 5.75. The van der Waals surface area contributed by atoms with E-state index in [2.05, 4.69) is 23.5 Å². The number of rotatable bonds is 5.